The van der Waals surface area contributed by atoms with E-state index >= 15 is 0 Å². The molecule has 0 rings (SSSR count). The molecule has 0 saturated heterocycles. The molecule has 0 radical (unpaired) electrons. The van der Waals surface area contributed by atoms with E-state index in [-0.39, 0.29) is 0 Å². The van der Waals surface area contributed by atoms with Gasteiger partial charge in [-0.25, -0.2) is 0 Å². The predicted molar refractivity (Wildman–Crippen MR) is 13.2 cm³/mol. The molecule has 0 unspecified atom stereocenters. The Morgan fingerprint density at radius 1 is 1.33 bits per heavy atom. The second-order valence-corrected chi connectivity index (χ2v) is 2.93. The summed E-state index contributed by atoms with van der Waals surface area (Å²) >= 11 is 0. The molecule has 0 spiro atoms. The third-order valence-corrected chi connectivity index (χ3v) is 1.18. The first kappa shape index (κ1) is 4.66. The van der Waals surface area contributed by atoms with E-state index in [9.17, 15) is 13.2 Å². The van der Waals surface area contributed by atoms with E-state index in [1.54, 1.807) is 0 Å². The van der Waals surface area contributed by atoms with Crippen molar-refractivity contribution in [3.05, 3.63) is 0 Å². The van der Waals surface area contributed by atoms with Crippen molar-refractivity contribution in [2.75, 3.05) is 0 Å². The Balaban J connectivity index is 3.45. The minimum absolute atomic E-state index is 2.06. The molecule has 0 aliphatic carbocycles. The van der Waals surface area contributed by atoms with Gasteiger partial charge in [-0.15, -0.1) is 0 Å². The predicted octanol–water partition coefficient (Wildman–Crippen LogP) is 1.02. The van der Waals surface area contributed by atoms with Gasteiger partial charge in [0, 0.05) is 0 Å². The maximum absolute atomic E-state index is 10.8. The van der Waals surface area contributed by atoms with Crippen LogP contribution in [0.15, 0.2) is 0 Å². The Labute approximate surface area is 28.6 Å². The molecule has 0 N–H and O–H groups in total. The summed E-state index contributed by atoms with van der Waals surface area (Å²) in [6.45, 7) is -3.92. The molecule has 6 heavy (non-hydrogen) atoms. The van der Waals surface area contributed by atoms with Crippen molar-refractivity contribution in [2.24, 2.45) is 0 Å². The van der Waals surface area contributed by atoms with Gasteiger partial charge >= 0.3 is 27.3 Å². The van der Waals surface area contributed by atoms with Gasteiger partial charge in [0.2, 0.25) is 0 Å². The first-order chi connectivity index (χ1) is 2.56. The summed E-state index contributed by atoms with van der Waals surface area (Å²) in [4.78, 5) is 0. The fourth-order valence-electron chi connectivity index (χ4n) is 0. The summed E-state index contributed by atoms with van der Waals surface area (Å²) in [5, 5.41) is 0. The fourth-order valence-corrected chi connectivity index (χ4v) is 0. The zero-order chi connectivity index (χ0) is 5.21. The van der Waals surface area contributed by atoms with Crippen LogP contribution in [0.3, 0.4) is 0 Å². The SMILES string of the molecule is [CH2]=[Cf][C](F)(F)F. The molecule has 0 bridgehead atoms. The molecule has 0 aromatic heterocycles. The average Bonchev–Trinajstić information content (AvgIpc) is 1.35. The summed E-state index contributed by atoms with van der Waals surface area (Å²) in [6.07, 6.45) is 0. The molecule has 0 aromatic rings. The summed E-state index contributed by atoms with van der Waals surface area (Å²) in [7, 11) is 2.78. The second-order valence-electron chi connectivity index (χ2n) is 0.505. The number of rotatable bonds is 0. The molecule has 0 nitrogen and oxygen atoms in total. The van der Waals surface area contributed by atoms with Gasteiger partial charge in [-0.1, -0.05) is 0 Å². The van der Waals surface area contributed by atoms with Crippen LogP contribution in [0.2, 0.25) is 0 Å². The van der Waals surface area contributed by atoms with Crippen LogP contribution >= 0.6 is 0 Å². The number of alkyl halides is 3. The Morgan fingerprint density at radius 3 is 1.50 bits per heavy atom. The summed E-state index contributed by atoms with van der Waals surface area (Å²) in [5.41, 5.74) is 0. The molecule has 0 heterocycles. The number of hydrogen-bond donors (Lipinski definition) is 0. The molecule has 0 atom stereocenters. The quantitative estimate of drug-likeness (QED) is 0.621. The summed E-state index contributed by atoms with van der Waals surface area (Å²) < 4.78 is 30.3. The van der Waals surface area contributed by atoms with Crippen LogP contribution in [-0.4, -0.2) is 14.1 Å². The molecule has 0 aliphatic rings. The first-order valence-corrected chi connectivity index (χ1v) is 4.13. The van der Waals surface area contributed by atoms with Gasteiger partial charge in [0.1, 0.15) is 0 Å². The molecular weight excluding hydrogens is 332 g/mol. The normalized spacial score (nSPS) is 10.5. The van der Waals surface area contributed by atoms with Gasteiger partial charge in [0.25, 0.3) is 0 Å². The van der Waals surface area contributed by atoms with Crippen molar-refractivity contribution in [3.8, 4) is 0 Å². The van der Waals surface area contributed by atoms with Crippen molar-refractivity contribution in [3.63, 3.8) is 0 Å². The third-order valence-electron chi connectivity index (χ3n) is 0.127. The van der Waals surface area contributed by atoms with Crippen molar-refractivity contribution in [1.82, 2.24) is 0 Å². The second kappa shape index (κ2) is 0.808. The molecule has 0 fully saturated rings. The third kappa shape index (κ3) is 2.66. The zero-order valence-corrected chi connectivity index (χ0v) is 5.29. The van der Waals surface area contributed by atoms with Gasteiger partial charge < -0.3 is 0 Å². The van der Waals surface area contributed by atoms with Crippen LogP contribution in [0.1, 0.15) is 0 Å². The fraction of sp³-hybridized carbons (Fsp3) is 0.500. The van der Waals surface area contributed by atoms with Crippen LogP contribution in [0.4, 0.5) is 13.2 Å². The van der Waals surface area contributed by atoms with Crippen LogP contribution in [-0.2, 0) is 0 Å². The molecular formula is C2H2CfF3. The van der Waals surface area contributed by atoms with Gasteiger partial charge in [0.05, 0.1) is 0 Å². The number of halogens is 3. The molecule has 4 heteroatoms. The van der Waals surface area contributed by atoms with Gasteiger partial charge in [-0.3, -0.25) is 0 Å². The summed E-state index contributed by atoms with van der Waals surface area (Å²) in [6, 6.07) is 0. The average molecular weight is 334 g/mol. The van der Waals surface area contributed by atoms with Crippen molar-refractivity contribution in [1.29, 1.82) is 0 Å². The minimum atomic E-state index is -3.92. The Kier molecular flexibility index (Phi) is 0.628. The van der Waals surface area contributed by atoms with Crippen LogP contribution in [0, 0.1) is 0 Å². The molecule has 41 valence electrons. The summed E-state index contributed by atoms with van der Waals surface area (Å²) in [5.74, 6) is 0. The zero-order valence-electron chi connectivity index (χ0n) is 2.66. The van der Waals surface area contributed by atoms with E-state index in [1.165, 1.54) is 0 Å². The Hall–Kier alpha value is -1.34. The van der Waals surface area contributed by atoms with Gasteiger partial charge in [0.15, 0.2) is 0 Å². The number of hydrogen-bond acceptors (Lipinski definition) is 0. The molecule has 0 aliphatic heterocycles. The van der Waals surface area contributed by atoms with Crippen molar-refractivity contribution >= 4 is 7.43 Å². The molecule has 0 saturated carbocycles. The first-order valence-electron chi connectivity index (χ1n) is 0.949. The van der Waals surface area contributed by atoms with E-state index < -0.39 is 6.68 Å². The van der Waals surface area contributed by atoms with E-state index in [0.717, 1.165) is 0 Å². The molecule has 0 aromatic carbocycles. The van der Waals surface area contributed by atoms with Crippen LogP contribution < -0.4 is 0 Å². The van der Waals surface area contributed by atoms with Crippen molar-refractivity contribution in [2.45, 2.75) is 6.68 Å². The van der Waals surface area contributed by atoms with Crippen molar-refractivity contribution < 1.29 is 13.2 Å². The van der Waals surface area contributed by atoms with E-state index in [2.05, 4.69) is 7.43 Å². The van der Waals surface area contributed by atoms with Gasteiger partial charge in [-0.2, -0.15) is 0 Å². The van der Waals surface area contributed by atoms with Crippen LogP contribution in [0.25, 0.3) is 0 Å². The van der Waals surface area contributed by atoms with Crippen LogP contribution in [0.5, 0.6) is 0 Å². The van der Waals surface area contributed by atoms with Gasteiger partial charge in [-0.05, 0) is 0 Å². The standard InChI is InChI=1S/CF3.CH2.Cf/c2-1(3)4;;/h;1H2;. The van der Waals surface area contributed by atoms with E-state index in [4.69, 9.17) is 0 Å². The topological polar surface area (TPSA) is 0 Å². The monoisotopic (exact) mass is 332 g/mol. The van der Waals surface area contributed by atoms with E-state index in [1.807, 2.05) is 0 Å². The Bertz CT molecular complexity index is 54.3. The maximum atomic E-state index is 10.8. The Morgan fingerprint density at radius 2 is 1.50 bits per heavy atom. The van der Waals surface area contributed by atoms with E-state index in [0.29, 0.717) is 0 Å². The molecule has 0 amide bonds.